The average molecular weight is 349 g/mol. The molecule has 1 aromatic carbocycles. The van der Waals surface area contributed by atoms with Gasteiger partial charge in [-0.1, -0.05) is 29.3 Å². The van der Waals surface area contributed by atoms with Crippen molar-refractivity contribution < 1.29 is 4.39 Å². The summed E-state index contributed by atoms with van der Waals surface area (Å²) in [4.78, 5) is 4.21. The van der Waals surface area contributed by atoms with E-state index in [0.29, 0.717) is 31.6 Å². The standard InChI is InChI=1S/C16H7Cl2FN2S/c17-10-1-2-11(14(18)6-10)13-8-22-16(12(13)7-20)9-3-4-21-15(19)5-9/h1-6,8H. The first-order valence-corrected chi connectivity index (χ1v) is 7.82. The Bertz CT molecular complexity index is 899. The molecule has 2 aromatic heterocycles. The van der Waals surface area contributed by atoms with Crippen LogP contribution in [0, 0.1) is 17.3 Å². The molecular weight excluding hydrogens is 342 g/mol. The topological polar surface area (TPSA) is 36.7 Å². The smallest absolute Gasteiger partial charge is 0.213 e. The zero-order chi connectivity index (χ0) is 15.7. The van der Waals surface area contributed by atoms with E-state index in [4.69, 9.17) is 23.2 Å². The van der Waals surface area contributed by atoms with E-state index in [9.17, 15) is 9.65 Å². The minimum absolute atomic E-state index is 0.458. The van der Waals surface area contributed by atoms with Gasteiger partial charge in [0.05, 0.1) is 10.4 Å². The van der Waals surface area contributed by atoms with Gasteiger partial charge in [0.2, 0.25) is 5.95 Å². The lowest BCUT2D eigenvalue weighted by Crippen LogP contribution is -1.86. The van der Waals surface area contributed by atoms with Gasteiger partial charge in [-0.3, -0.25) is 0 Å². The quantitative estimate of drug-likeness (QED) is 0.549. The van der Waals surface area contributed by atoms with Crippen molar-refractivity contribution in [2.75, 3.05) is 0 Å². The van der Waals surface area contributed by atoms with Crippen LogP contribution in [0.25, 0.3) is 21.6 Å². The molecule has 0 unspecified atom stereocenters. The highest BCUT2D eigenvalue weighted by Gasteiger charge is 2.17. The third-order valence-electron chi connectivity index (χ3n) is 3.11. The molecule has 0 aliphatic carbocycles. The number of nitriles is 1. The molecule has 0 radical (unpaired) electrons. The molecule has 6 heteroatoms. The van der Waals surface area contributed by atoms with Crippen molar-refractivity contribution in [1.82, 2.24) is 4.98 Å². The summed E-state index contributed by atoms with van der Waals surface area (Å²) in [6.45, 7) is 0. The van der Waals surface area contributed by atoms with E-state index in [0.717, 1.165) is 5.56 Å². The third kappa shape index (κ3) is 2.71. The molecule has 0 fully saturated rings. The Labute approximate surface area is 140 Å². The van der Waals surface area contributed by atoms with Gasteiger partial charge in [0.15, 0.2) is 0 Å². The molecular formula is C16H7Cl2FN2S. The summed E-state index contributed by atoms with van der Waals surface area (Å²) < 4.78 is 13.3. The number of halogens is 3. The van der Waals surface area contributed by atoms with Gasteiger partial charge in [-0.25, -0.2) is 4.98 Å². The fourth-order valence-corrected chi connectivity index (χ4v) is 3.66. The van der Waals surface area contributed by atoms with E-state index < -0.39 is 5.95 Å². The van der Waals surface area contributed by atoms with Crippen molar-refractivity contribution in [3.63, 3.8) is 0 Å². The zero-order valence-corrected chi connectivity index (χ0v) is 13.3. The molecule has 108 valence electrons. The van der Waals surface area contributed by atoms with E-state index in [1.807, 2.05) is 5.38 Å². The van der Waals surface area contributed by atoms with E-state index in [1.165, 1.54) is 23.6 Å². The second-order valence-electron chi connectivity index (χ2n) is 4.46. The maximum absolute atomic E-state index is 13.3. The number of rotatable bonds is 2. The summed E-state index contributed by atoms with van der Waals surface area (Å²) in [6, 6.07) is 10.3. The minimum Gasteiger partial charge on any atom is -0.228 e. The zero-order valence-electron chi connectivity index (χ0n) is 11.0. The van der Waals surface area contributed by atoms with Crippen molar-refractivity contribution in [2.45, 2.75) is 0 Å². The molecule has 2 heterocycles. The molecule has 0 saturated carbocycles. The largest absolute Gasteiger partial charge is 0.228 e. The van der Waals surface area contributed by atoms with Crippen LogP contribution in [-0.2, 0) is 0 Å². The molecule has 0 amide bonds. The Morgan fingerprint density at radius 3 is 2.64 bits per heavy atom. The van der Waals surface area contributed by atoms with Crippen molar-refractivity contribution >= 4 is 34.5 Å². The average Bonchev–Trinajstić information content (AvgIpc) is 2.91. The molecule has 2 nitrogen and oxygen atoms in total. The van der Waals surface area contributed by atoms with E-state index in [1.54, 1.807) is 24.3 Å². The predicted molar refractivity (Wildman–Crippen MR) is 87.7 cm³/mol. The van der Waals surface area contributed by atoms with Crippen LogP contribution in [0.3, 0.4) is 0 Å². The molecule has 0 bridgehead atoms. The summed E-state index contributed by atoms with van der Waals surface area (Å²) >= 11 is 13.5. The van der Waals surface area contributed by atoms with Crippen molar-refractivity contribution in [3.05, 3.63) is 63.5 Å². The molecule has 0 atom stereocenters. The number of nitrogens with zero attached hydrogens (tertiary/aromatic N) is 2. The number of benzene rings is 1. The van der Waals surface area contributed by atoms with Gasteiger partial charge in [-0.05, 0) is 23.8 Å². The number of hydrogen-bond donors (Lipinski definition) is 0. The lowest BCUT2D eigenvalue weighted by molar-refractivity contribution is 0.584. The van der Waals surface area contributed by atoms with Gasteiger partial charge < -0.3 is 0 Å². The van der Waals surface area contributed by atoms with Crippen LogP contribution < -0.4 is 0 Å². The summed E-state index contributed by atoms with van der Waals surface area (Å²) in [5.41, 5.74) is 2.51. The summed E-state index contributed by atoms with van der Waals surface area (Å²) in [5.74, 6) is -0.583. The summed E-state index contributed by atoms with van der Waals surface area (Å²) in [5, 5.41) is 12.3. The van der Waals surface area contributed by atoms with Gasteiger partial charge >= 0.3 is 0 Å². The Hall–Kier alpha value is -1.93. The van der Waals surface area contributed by atoms with Gasteiger partial charge in [0, 0.05) is 38.8 Å². The molecule has 0 aliphatic heterocycles. The maximum atomic E-state index is 13.3. The molecule has 0 spiro atoms. The molecule has 0 aliphatic rings. The second-order valence-corrected chi connectivity index (χ2v) is 6.18. The van der Waals surface area contributed by atoms with E-state index in [-0.39, 0.29) is 0 Å². The Morgan fingerprint density at radius 1 is 1.14 bits per heavy atom. The molecule has 3 aromatic rings. The monoisotopic (exact) mass is 348 g/mol. The lowest BCUT2D eigenvalue weighted by Gasteiger charge is -2.04. The Balaban J connectivity index is 2.18. The van der Waals surface area contributed by atoms with Gasteiger partial charge in [-0.15, -0.1) is 11.3 Å². The first kappa shape index (κ1) is 15.0. The normalized spacial score (nSPS) is 10.5. The lowest BCUT2D eigenvalue weighted by atomic mass is 10.0. The first-order chi connectivity index (χ1) is 10.6. The van der Waals surface area contributed by atoms with Gasteiger partial charge in [0.1, 0.15) is 6.07 Å². The fourth-order valence-electron chi connectivity index (χ4n) is 2.13. The minimum atomic E-state index is -0.583. The second kappa shape index (κ2) is 6.05. The van der Waals surface area contributed by atoms with Crippen LogP contribution in [0.1, 0.15) is 5.56 Å². The highest BCUT2D eigenvalue weighted by atomic mass is 35.5. The van der Waals surface area contributed by atoms with Crippen LogP contribution >= 0.6 is 34.5 Å². The fraction of sp³-hybridized carbons (Fsp3) is 0. The summed E-state index contributed by atoms with van der Waals surface area (Å²) in [7, 11) is 0. The molecule has 22 heavy (non-hydrogen) atoms. The van der Waals surface area contributed by atoms with Crippen molar-refractivity contribution in [2.24, 2.45) is 0 Å². The Kier molecular flexibility index (Phi) is 4.12. The maximum Gasteiger partial charge on any atom is 0.213 e. The van der Waals surface area contributed by atoms with Crippen molar-refractivity contribution in [3.8, 4) is 27.6 Å². The van der Waals surface area contributed by atoms with Crippen LogP contribution in [0.15, 0.2) is 41.9 Å². The number of hydrogen-bond acceptors (Lipinski definition) is 3. The highest BCUT2D eigenvalue weighted by Crippen LogP contribution is 2.40. The van der Waals surface area contributed by atoms with Crippen LogP contribution in [0.4, 0.5) is 4.39 Å². The third-order valence-corrected chi connectivity index (χ3v) is 4.69. The van der Waals surface area contributed by atoms with Crippen LogP contribution in [0.5, 0.6) is 0 Å². The SMILES string of the molecule is N#Cc1c(-c2ccc(Cl)cc2Cl)csc1-c1ccnc(F)c1. The van der Waals surface area contributed by atoms with Crippen LogP contribution in [-0.4, -0.2) is 4.98 Å². The predicted octanol–water partition coefficient (Wildman–Crippen LogP) is 5.79. The molecule has 3 rings (SSSR count). The van der Waals surface area contributed by atoms with Crippen molar-refractivity contribution in [1.29, 1.82) is 5.26 Å². The number of aromatic nitrogens is 1. The molecule has 0 N–H and O–H groups in total. The molecule has 0 saturated heterocycles. The van der Waals surface area contributed by atoms with Gasteiger partial charge in [0.25, 0.3) is 0 Å². The summed E-state index contributed by atoms with van der Waals surface area (Å²) in [6.07, 6.45) is 1.38. The first-order valence-electron chi connectivity index (χ1n) is 6.19. The Morgan fingerprint density at radius 2 is 1.95 bits per heavy atom. The van der Waals surface area contributed by atoms with E-state index >= 15 is 0 Å². The van der Waals surface area contributed by atoms with Crippen LogP contribution in [0.2, 0.25) is 10.0 Å². The number of pyridine rings is 1. The van der Waals surface area contributed by atoms with Gasteiger partial charge in [-0.2, -0.15) is 9.65 Å². The highest BCUT2D eigenvalue weighted by molar-refractivity contribution is 7.14. The number of thiophene rings is 1. The van der Waals surface area contributed by atoms with E-state index in [2.05, 4.69) is 11.1 Å².